The summed E-state index contributed by atoms with van der Waals surface area (Å²) >= 11 is 0. The predicted molar refractivity (Wildman–Crippen MR) is 136 cm³/mol. The van der Waals surface area contributed by atoms with Gasteiger partial charge in [-0.15, -0.1) is 24.0 Å². The zero-order valence-corrected chi connectivity index (χ0v) is 19.9. The van der Waals surface area contributed by atoms with Crippen molar-refractivity contribution in [1.82, 2.24) is 25.6 Å². The molecule has 0 amide bonds. The minimum atomic E-state index is -0.212. The molecule has 0 saturated carbocycles. The molecule has 0 aliphatic heterocycles. The maximum absolute atomic E-state index is 13.5. The Balaban J connectivity index is 0.00000272. The number of halogens is 2. The summed E-state index contributed by atoms with van der Waals surface area (Å²) < 4.78 is 13.5. The molecule has 0 unspecified atom stereocenters. The normalized spacial score (nSPS) is 11.6. The molecule has 8 heteroatoms. The summed E-state index contributed by atoms with van der Waals surface area (Å²) in [6.45, 7) is 4.28. The van der Waals surface area contributed by atoms with Gasteiger partial charge >= 0.3 is 0 Å². The number of aromatic amines is 2. The summed E-state index contributed by atoms with van der Waals surface area (Å²) in [5.41, 5.74) is 4.13. The number of aromatic nitrogens is 3. The van der Waals surface area contributed by atoms with Crippen LogP contribution in [0.4, 0.5) is 4.39 Å². The number of hydrogen-bond acceptors (Lipinski definition) is 2. The van der Waals surface area contributed by atoms with E-state index >= 15 is 0 Å². The zero-order valence-electron chi connectivity index (χ0n) is 17.5. The molecule has 0 saturated heterocycles. The zero-order chi connectivity index (χ0) is 20.8. The van der Waals surface area contributed by atoms with E-state index in [4.69, 9.17) is 0 Å². The highest BCUT2D eigenvalue weighted by atomic mass is 127. The Morgan fingerprint density at radius 3 is 2.81 bits per heavy atom. The van der Waals surface area contributed by atoms with E-state index in [0.717, 1.165) is 71.6 Å². The van der Waals surface area contributed by atoms with Crippen LogP contribution in [0.2, 0.25) is 0 Å². The van der Waals surface area contributed by atoms with E-state index in [2.05, 4.69) is 30.6 Å². The molecule has 0 aliphatic carbocycles. The molecular weight excluding hydrogens is 506 g/mol. The lowest BCUT2D eigenvalue weighted by Gasteiger charge is -2.11. The topological polar surface area (TPSA) is 80.9 Å². The van der Waals surface area contributed by atoms with Crippen molar-refractivity contribution in [2.24, 2.45) is 4.99 Å². The number of fused-ring (bicyclic) bond motifs is 2. The highest BCUT2D eigenvalue weighted by Crippen LogP contribution is 2.19. The van der Waals surface area contributed by atoms with Crippen LogP contribution in [0.1, 0.15) is 24.7 Å². The summed E-state index contributed by atoms with van der Waals surface area (Å²) in [6.07, 6.45) is 4.51. The Labute approximate surface area is 198 Å². The number of imidazole rings is 1. The average molecular weight is 534 g/mol. The van der Waals surface area contributed by atoms with Crippen LogP contribution in [0, 0.1) is 5.82 Å². The van der Waals surface area contributed by atoms with E-state index in [9.17, 15) is 4.39 Å². The molecule has 6 nitrogen and oxygen atoms in total. The van der Waals surface area contributed by atoms with Crippen molar-refractivity contribution in [2.75, 3.05) is 19.6 Å². The number of guanidine groups is 1. The van der Waals surface area contributed by atoms with Crippen molar-refractivity contribution in [3.05, 3.63) is 65.9 Å². The first kappa shape index (κ1) is 23.1. The molecule has 164 valence electrons. The van der Waals surface area contributed by atoms with Gasteiger partial charge in [0.1, 0.15) is 11.6 Å². The van der Waals surface area contributed by atoms with E-state index in [0.29, 0.717) is 6.54 Å². The molecule has 2 heterocycles. The number of H-pyrrole nitrogens is 2. The summed E-state index contributed by atoms with van der Waals surface area (Å²) in [6, 6.07) is 12.9. The van der Waals surface area contributed by atoms with E-state index in [1.807, 2.05) is 37.4 Å². The monoisotopic (exact) mass is 534 g/mol. The first-order chi connectivity index (χ1) is 14.7. The van der Waals surface area contributed by atoms with Gasteiger partial charge < -0.3 is 20.6 Å². The minimum Gasteiger partial charge on any atom is -0.361 e. The molecule has 2 aromatic carbocycles. The van der Waals surface area contributed by atoms with Gasteiger partial charge in [-0.2, -0.15) is 0 Å². The fourth-order valence-corrected chi connectivity index (χ4v) is 3.58. The molecular formula is C23H28FIN6. The van der Waals surface area contributed by atoms with E-state index in [-0.39, 0.29) is 29.8 Å². The van der Waals surface area contributed by atoms with Crippen molar-refractivity contribution in [3.63, 3.8) is 0 Å². The van der Waals surface area contributed by atoms with Gasteiger partial charge in [0.05, 0.1) is 11.0 Å². The van der Waals surface area contributed by atoms with Gasteiger partial charge in [0, 0.05) is 43.2 Å². The fourth-order valence-electron chi connectivity index (χ4n) is 3.58. The SMILES string of the molecule is CCNC(=NCCCc1nc2ccccc2[nH]1)NCCc1c[nH]c2ccc(F)cc12.I. The standard InChI is InChI=1S/C23H27FN6.HI/c1-2-25-23(26-12-5-8-22-29-20-6-3-4-7-21(20)30-22)27-13-11-16-15-28-19-10-9-17(24)14-18(16)19;/h3-4,6-7,9-10,14-15,28H,2,5,8,11-13H2,1H3,(H,29,30)(H2,25,26,27);1H. The van der Waals surface area contributed by atoms with Crippen LogP contribution in [-0.4, -0.2) is 40.5 Å². The number of nitrogens with one attached hydrogen (secondary N) is 4. The van der Waals surface area contributed by atoms with Crippen molar-refractivity contribution in [2.45, 2.75) is 26.2 Å². The average Bonchev–Trinajstić information content (AvgIpc) is 3.34. The molecule has 0 aliphatic rings. The van der Waals surface area contributed by atoms with Crippen LogP contribution in [0.3, 0.4) is 0 Å². The van der Waals surface area contributed by atoms with Crippen molar-refractivity contribution in [1.29, 1.82) is 0 Å². The van der Waals surface area contributed by atoms with Crippen LogP contribution in [0.25, 0.3) is 21.9 Å². The minimum absolute atomic E-state index is 0. The molecule has 4 rings (SSSR count). The number of para-hydroxylation sites is 2. The molecule has 2 aromatic heterocycles. The van der Waals surface area contributed by atoms with Gasteiger partial charge in [-0.25, -0.2) is 9.37 Å². The lowest BCUT2D eigenvalue weighted by molar-refractivity contribution is 0.629. The number of hydrogen-bond donors (Lipinski definition) is 4. The fraction of sp³-hybridized carbons (Fsp3) is 0.304. The van der Waals surface area contributed by atoms with E-state index in [1.165, 1.54) is 6.07 Å². The largest absolute Gasteiger partial charge is 0.361 e. The van der Waals surface area contributed by atoms with Gasteiger partial charge in [-0.1, -0.05) is 12.1 Å². The molecule has 31 heavy (non-hydrogen) atoms. The highest BCUT2D eigenvalue weighted by molar-refractivity contribution is 14.0. The van der Waals surface area contributed by atoms with Gasteiger partial charge in [-0.05, 0) is 55.7 Å². The summed E-state index contributed by atoms with van der Waals surface area (Å²) in [5, 5.41) is 7.58. The van der Waals surface area contributed by atoms with Crippen LogP contribution in [0.5, 0.6) is 0 Å². The van der Waals surface area contributed by atoms with E-state index < -0.39 is 0 Å². The Hall–Kier alpha value is -2.62. The third-order valence-electron chi connectivity index (χ3n) is 5.04. The Kier molecular flexibility index (Phi) is 8.27. The second-order valence-corrected chi connectivity index (χ2v) is 7.25. The van der Waals surface area contributed by atoms with Crippen molar-refractivity contribution < 1.29 is 4.39 Å². The number of benzene rings is 2. The maximum atomic E-state index is 13.5. The Morgan fingerprint density at radius 1 is 1.10 bits per heavy atom. The second kappa shape index (κ2) is 11.1. The van der Waals surface area contributed by atoms with Crippen LogP contribution >= 0.6 is 24.0 Å². The first-order valence-corrected chi connectivity index (χ1v) is 10.4. The third kappa shape index (κ3) is 5.96. The van der Waals surface area contributed by atoms with Crippen molar-refractivity contribution >= 4 is 51.9 Å². The molecule has 4 N–H and O–H groups in total. The maximum Gasteiger partial charge on any atom is 0.191 e. The summed E-state index contributed by atoms with van der Waals surface area (Å²) in [5.74, 6) is 1.58. The van der Waals surface area contributed by atoms with Gasteiger partial charge in [-0.3, -0.25) is 4.99 Å². The molecule has 0 radical (unpaired) electrons. The molecule has 0 fully saturated rings. The Bertz CT molecular complexity index is 1120. The van der Waals surface area contributed by atoms with E-state index in [1.54, 1.807) is 12.1 Å². The highest BCUT2D eigenvalue weighted by Gasteiger charge is 2.06. The van der Waals surface area contributed by atoms with Gasteiger partial charge in [0.25, 0.3) is 0 Å². The van der Waals surface area contributed by atoms with Crippen LogP contribution in [-0.2, 0) is 12.8 Å². The van der Waals surface area contributed by atoms with Crippen LogP contribution < -0.4 is 10.6 Å². The third-order valence-corrected chi connectivity index (χ3v) is 5.04. The smallest absolute Gasteiger partial charge is 0.191 e. The lowest BCUT2D eigenvalue weighted by atomic mass is 10.1. The number of aryl methyl sites for hydroxylation is 1. The Morgan fingerprint density at radius 2 is 1.97 bits per heavy atom. The molecule has 0 bridgehead atoms. The number of nitrogens with zero attached hydrogens (tertiary/aromatic N) is 2. The summed E-state index contributed by atoms with van der Waals surface area (Å²) in [4.78, 5) is 15.8. The number of aliphatic imine (C=N–C) groups is 1. The number of rotatable bonds is 8. The second-order valence-electron chi connectivity index (χ2n) is 7.25. The van der Waals surface area contributed by atoms with Gasteiger partial charge in [0.2, 0.25) is 0 Å². The quantitative estimate of drug-likeness (QED) is 0.116. The first-order valence-electron chi connectivity index (χ1n) is 10.4. The lowest BCUT2D eigenvalue weighted by Crippen LogP contribution is -2.38. The molecule has 0 atom stereocenters. The summed E-state index contributed by atoms with van der Waals surface area (Å²) in [7, 11) is 0. The predicted octanol–water partition coefficient (Wildman–Crippen LogP) is 4.53. The molecule has 4 aromatic rings. The molecule has 0 spiro atoms. The van der Waals surface area contributed by atoms with Crippen molar-refractivity contribution in [3.8, 4) is 0 Å². The van der Waals surface area contributed by atoms with Crippen LogP contribution in [0.15, 0.2) is 53.7 Å². The van der Waals surface area contributed by atoms with Gasteiger partial charge in [0.15, 0.2) is 5.96 Å².